The fourth-order valence-electron chi connectivity index (χ4n) is 2.85. The van der Waals surface area contributed by atoms with Crippen molar-refractivity contribution in [2.75, 3.05) is 32.6 Å². The van der Waals surface area contributed by atoms with Crippen molar-refractivity contribution in [3.8, 4) is 17.1 Å². The molecule has 1 aromatic carbocycles. The first kappa shape index (κ1) is 16.7. The highest BCUT2D eigenvalue weighted by Gasteiger charge is 2.15. The summed E-state index contributed by atoms with van der Waals surface area (Å²) in [5.41, 5.74) is 1.82. The van der Waals surface area contributed by atoms with Crippen molar-refractivity contribution in [2.45, 2.75) is 25.5 Å². The molecule has 1 unspecified atom stereocenters. The Morgan fingerprint density at radius 1 is 1.21 bits per heavy atom. The molecule has 2 aromatic rings. The van der Waals surface area contributed by atoms with E-state index in [2.05, 4.69) is 20.6 Å². The van der Waals surface area contributed by atoms with Gasteiger partial charge in [0, 0.05) is 31.3 Å². The first-order valence-corrected chi connectivity index (χ1v) is 8.27. The number of benzene rings is 1. The molecule has 24 heavy (non-hydrogen) atoms. The molecule has 6 heteroatoms. The number of ether oxygens (including phenoxy) is 2. The molecule has 1 saturated heterocycles. The number of hydrogen-bond acceptors (Lipinski definition) is 6. The van der Waals surface area contributed by atoms with Gasteiger partial charge >= 0.3 is 0 Å². The van der Waals surface area contributed by atoms with Crippen LogP contribution >= 0.6 is 0 Å². The SMILES string of the molecule is COCc1cc(NC2CCCNC2)nc(-c2ccc(OC)cc2)n1. The lowest BCUT2D eigenvalue weighted by Crippen LogP contribution is -2.38. The molecule has 2 heterocycles. The summed E-state index contributed by atoms with van der Waals surface area (Å²) in [4.78, 5) is 9.30. The van der Waals surface area contributed by atoms with E-state index >= 15 is 0 Å². The van der Waals surface area contributed by atoms with Gasteiger partial charge in [-0.25, -0.2) is 9.97 Å². The van der Waals surface area contributed by atoms with E-state index in [0.717, 1.165) is 42.3 Å². The van der Waals surface area contributed by atoms with Crippen LogP contribution in [0, 0.1) is 0 Å². The van der Waals surface area contributed by atoms with Crippen LogP contribution in [0.5, 0.6) is 5.75 Å². The van der Waals surface area contributed by atoms with E-state index in [0.29, 0.717) is 18.5 Å². The molecule has 0 spiro atoms. The van der Waals surface area contributed by atoms with Gasteiger partial charge in [-0.2, -0.15) is 0 Å². The number of nitrogens with zero attached hydrogens (tertiary/aromatic N) is 2. The molecule has 1 aliphatic rings. The van der Waals surface area contributed by atoms with E-state index in [1.807, 2.05) is 30.3 Å². The van der Waals surface area contributed by atoms with Crippen molar-refractivity contribution in [1.29, 1.82) is 0 Å². The maximum atomic E-state index is 5.25. The fourth-order valence-corrected chi connectivity index (χ4v) is 2.85. The first-order chi connectivity index (χ1) is 11.8. The largest absolute Gasteiger partial charge is 0.497 e. The molecule has 0 aliphatic carbocycles. The summed E-state index contributed by atoms with van der Waals surface area (Å²) in [5, 5.41) is 6.93. The Morgan fingerprint density at radius 3 is 2.71 bits per heavy atom. The topological polar surface area (TPSA) is 68.3 Å². The lowest BCUT2D eigenvalue weighted by Gasteiger charge is -2.24. The predicted molar refractivity (Wildman–Crippen MR) is 94.2 cm³/mol. The Balaban J connectivity index is 1.86. The van der Waals surface area contributed by atoms with Crippen LogP contribution in [0.25, 0.3) is 11.4 Å². The monoisotopic (exact) mass is 328 g/mol. The van der Waals surface area contributed by atoms with Crippen molar-refractivity contribution >= 4 is 5.82 Å². The number of aromatic nitrogens is 2. The average molecular weight is 328 g/mol. The summed E-state index contributed by atoms with van der Waals surface area (Å²) >= 11 is 0. The standard InChI is InChI=1S/C18H24N4O2/c1-23-12-15-10-17(20-14-4-3-9-19-11-14)22-18(21-15)13-5-7-16(24-2)8-6-13/h5-8,10,14,19H,3-4,9,11-12H2,1-2H3,(H,20,21,22). The number of hydrogen-bond donors (Lipinski definition) is 2. The molecular formula is C18H24N4O2. The fraction of sp³-hybridized carbons (Fsp3) is 0.444. The van der Waals surface area contributed by atoms with Gasteiger partial charge in [0.1, 0.15) is 11.6 Å². The lowest BCUT2D eigenvalue weighted by atomic mass is 10.1. The van der Waals surface area contributed by atoms with E-state index in [9.17, 15) is 0 Å². The predicted octanol–water partition coefficient (Wildman–Crippen LogP) is 2.46. The molecule has 128 valence electrons. The van der Waals surface area contributed by atoms with Gasteiger partial charge in [-0.1, -0.05) is 0 Å². The quantitative estimate of drug-likeness (QED) is 0.849. The van der Waals surface area contributed by atoms with E-state index in [4.69, 9.17) is 9.47 Å². The lowest BCUT2D eigenvalue weighted by molar-refractivity contribution is 0.181. The van der Waals surface area contributed by atoms with Crippen LogP contribution in [0.4, 0.5) is 5.82 Å². The zero-order valence-electron chi connectivity index (χ0n) is 14.2. The van der Waals surface area contributed by atoms with E-state index in [1.165, 1.54) is 6.42 Å². The summed E-state index contributed by atoms with van der Waals surface area (Å²) in [6, 6.07) is 10.1. The maximum absolute atomic E-state index is 5.25. The van der Waals surface area contributed by atoms with Crippen LogP contribution < -0.4 is 15.4 Å². The summed E-state index contributed by atoms with van der Waals surface area (Å²) in [5.74, 6) is 2.36. The Morgan fingerprint density at radius 2 is 2.04 bits per heavy atom. The molecule has 1 atom stereocenters. The minimum atomic E-state index is 0.396. The van der Waals surface area contributed by atoms with Gasteiger partial charge in [0.2, 0.25) is 0 Å². The maximum Gasteiger partial charge on any atom is 0.161 e. The van der Waals surface area contributed by atoms with Gasteiger partial charge in [0.05, 0.1) is 19.4 Å². The molecule has 2 N–H and O–H groups in total. The molecule has 0 radical (unpaired) electrons. The zero-order valence-corrected chi connectivity index (χ0v) is 14.2. The molecule has 0 saturated carbocycles. The van der Waals surface area contributed by atoms with Crippen LogP contribution in [0.15, 0.2) is 30.3 Å². The molecule has 0 amide bonds. The van der Waals surface area contributed by atoms with Crippen molar-refractivity contribution < 1.29 is 9.47 Å². The molecule has 1 aromatic heterocycles. The summed E-state index contributed by atoms with van der Waals surface area (Å²) in [6.07, 6.45) is 2.33. The molecule has 6 nitrogen and oxygen atoms in total. The number of anilines is 1. The Bertz CT molecular complexity index is 655. The van der Waals surface area contributed by atoms with E-state index in [1.54, 1.807) is 14.2 Å². The Labute approximate surface area is 142 Å². The van der Waals surface area contributed by atoms with Crippen molar-refractivity contribution in [3.63, 3.8) is 0 Å². The number of methoxy groups -OCH3 is 2. The average Bonchev–Trinajstić information content (AvgIpc) is 2.63. The van der Waals surface area contributed by atoms with Crippen molar-refractivity contribution in [3.05, 3.63) is 36.0 Å². The minimum absolute atomic E-state index is 0.396. The minimum Gasteiger partial charge on any atom is -0.497 e. The highest BCUT2D eigenvalue weighted by atomic mass is 16.5. The molecular weight excluding hydrogens is 304 g/mol. The van der Waals surface area contributed by atoms with Gasteiger partial charge in [-0.15, -0.1) is 0 Å². The van der Waals surface area contributed by atoms with Crippen LogP contribution in [0.3, 0.4) is 0 Å². The third kappa shape index (κ3) is 4.21. The third-order valence-corrected chi connectivity index (χ3v) is 4.07. The summed E-state index contributed by atoms with van der Waals surface area (Å²) in [6.45, 7) is 2.51. The second-order valence-electron chi connectivity index (χ2n) is 5.92. The van der Waals surface area contributed by atoms with E-state index < -0.39 is 0 Å². The van der Waals surface area contributed by atoms with Gasteiger partial charge in [0.15, 0.2) is 5.82 Å². The van der Waals surface area contributed by atoms with Crippen LogP contribution in [-0.4, -0.2) is 43.3 Å². The Kier molecular flexibility index (Phi) is 5.61. The molecule has 1 fully saturated rings. The summed E-state index contributed by atoms with van der Waals surface area (Å²) < 4.78 is 10.5. The van der Waals surface area contributed by atoms with Crippen LogP contribution in [0.2, 0.25) is 0 Å². The second kappa shape index (κ2) is 8.08. The molecule has 3 rings (SSSR count). The number of rotatable bonds is 6. The van der Waals surface area contributed by atoms with Crippen molar-refractivity contribution in [1.82, 2.24) is 15.3 Å². The normalized spacial score (nSPS) is 17.5. The van der Waals surface area contributed by atoms with Crippen LogP contribution in [0.1, 0.15) is 18.5 Å². The second-order valence-corrected chi connectivity index (χ2v) is 5.92. The Hall–Kier alpha value is -2.18. The van der Waals surface area contributed by atoms with Crippen molar-refractivity contribution in [2.24, 2.45) is 0 Å². The van der Waals surface area contributed by atoms with Gasteiger partial charge in [-0.05, 0) is 43.7 Å². The highest BCUT2D eigenvalue weighted by Crippen LogP contribution is 2.22. The number of piperidine rings is 1. The molecule has 0 bridgehead atoms. The van der Waals surface area contributed by atoms with Crippen LogP contribution in [-0.2, 0) is 11.3 Å². The number of nitrogens with one attached hydrogen (secondary N) is 2. The zero-order chi connectivity index (χ0) is 16.8. The third-order valence-electron chi connectivity index (χ3n) is 4.07. The van der Waals surface area contributed by atoms with Gasteiger partial charge in [-0.3, -0.25) is 0 Å². The van der Waals surface area contributed by atoms with Gasteiger partial charge < -0.3 is 20.1 Å². The highest BCUT2D eigenvalue weighted by molar-refractivity contribution is 5.58. The smallest absolute Gasteiger partial charge is 0.161 e. The van der Waals surface area contributed by atoms with E-state index in [-0.39, 0.29) is 0 Å². The summed E-state index contributed by atoms with van der Waals surface area (Å²) in [7, 11) is 3.33. The first-order valence-electron chi connectivity index (χ1n) is 8.27. The van der Waals surface area contributed by atoms with Gasteiger partial charge in [0.25, 0.3) is 0 Å². The molecule has 1 aliphatic heterocycles.